The Morgan fingerprint density at radius 2 is 1.53 bits per heavy atom. The minimum atomic E-state index is 0.310. The van der Waals surface area contributed by atoms with Gasteiger partial charge >= 0.3 is 0 Å². The van der Waals surface area contributed by atoms with E-state index in [1.54, 1.807) is 6.08 Å². The molecule has 15 heavy (non-hydrogen) atoms. The number of allylic oxidation sites excluding steroid dienone is 1. The van der Waals surface area contributed by atoms with Crippen molar-refractivity contribution in [3.63, 3.8) is 0 Å². The summed E-state index contributed by atoms with van der Waals surface area (Å²) < 4.78 is 0. The molecule has 0 bridgehead atoms. The van der Waals surface area contributed by atoms with Gasteiger partial charge in [-0.3, -0.25) is 0 Å². The molecule has 0 spiro atoms. The number of hydrogen-bond donors (Lipinski definition) is 0. The summed E-state index contributed by atoms with van der Waals surface area (Å²) in [5.41, 5.74) is 1.44. The Kier molecular flexibility index (Phi) is 3.23. The summed E-state index contributed by atoms with van der Waals surface area (Å²) >= 11 is 0. The van der Waals surface area contributed by atoms with Crippen LogP contribution >= 0.6 is 0 Å². The molecule has 0 saturated heterocycles. The van der Waals surface area contributed by atoms with Gasteiger partial charge in [0.05, 0.1) is 34.9 Å². The molecule has 1 rings (SSSR count). The molecule has 0 N–H and O–H groups in total. The second-order valence-corrected chi connectivity index (χ2v) is 2.72. The van der Waals surface area contributed by atoms with Gasteiger partial charge in [0.2, 0.25) is 0 Å². The summed E-state index contributed by atoms with van der Waals surface area (Å²) in [5, 5.41) is 26.4. The summed E-state index contributed by atoms with van der Waals surface area (Å²) in [6.07, 6.45) is 3.08. The Morgan fingerprint density at radius 1 is 1.00 bits per heavy atom. The predicted octanol–water partition coefficient (Wildman–Crippen LogP) is 2.15. The first-order valence-corrected chi connectivity index (χ1v) is 4.11. The molecule has 1 aromatic rings. The normalized spacial score (nSPS) is 9.20. The number of benzene rings is 1. The van der Waals surface area contributed by atoms with Crippen LogP contribution in [0.5, 0.6) is 0 Å². The minimum absolute atomic E-state index is 0.310. The van der Waals surface area contributed by atoms with Gasteiger partial charge in [0.1, 0.15) is 0 Å². The van der Waals surface area contributed by atoms with Crippen molar-refractivity contribution in [3.8, 4) is 18.2 Å². The van der Waals surface area contributed by atoms with Crippen LogP contribution in [-0.2, 0) is 0 Å². The van der Waals surface area contributed by atoms with Crippen molar-refractivity contribution in [1.82, 2.24) is 0 Å². The number of hydrogen-bond acceptors (Lipinski definition) is 3. The highest BCUT2D eigenvalue weighted by Crippen LogP contribution is 2.18. The molecular weight excluding hydrogens is 186 g/mol. The first-order chi connectivity index (χ1) is 7.26. The van der Waals surface area contributed by atoms with E-state index in [0.717, 1.165) is 0 Å². The van der Waals surface area contributed by atoms with Crippen molar-refractivity contribution < 1.29 is 0 Å². The van der Waals surface area contributed by atoms with Gasteiger partial charge in [0.15, 0.2) is 0 Å². The molecule has 0 aliphatic carbocycles. The van der Waals surface area contributed by atoms with E-state index in [1.807, 2.05) is 18.2 Å². The topological polar surface area (TPSA) is 71.4 Å². The van der Waals surface area contributed by atoms with Crippen LogP contribution in [-0.4, -0.2) is 0 Å². The van der Waals surface area contributed by atoms with Gasteiger partial charge in [-0.15, -0.1) is 0 Å². The van der Waals surface area contributed by atoms with E-state index in [2.05, 4.69) is 6.92 Å². The van der Waals surface area contributed by atoms with E-state index in [0.29, 0.717) is 22.3 Å². The van der Waals surface area contributed by atoms with E-state index in [4.69, 9.17) is 15.8 Å². The van der Waals surface area contributed by atoms with Gasteiger partial charge in [-0.25, -0.2) is 0 Å². The molecule has 3 nitrogen and oxygen atoms in total. The van der Waals surface area contributed by atoms with Crippen LogP contribution in [0.1, 0.15) is 22.3 Å². The first kappa shape index (κ1) is 10.5. The molecule has 0 fully saturated rings. The van der Waals surface area contributed by atoms with Gasteiger partial charge in [-0.1, -0.05) is 12.2 Å². The molecule has 69 valence electrons. The van der Waals surface area contributed by atoms with E-state index >= 15 is 0 Å². The molecule has 0 amide bonds. The maximum atomic E-state index is 8.86. The highest BCUT2D eigenvalue weighted by atomic mass is 14.3. The Balaban J connectivity index is 3.59. The van der Waals surface area contributed by atoms with Crippen LogP contribution in [0.3, 0.4) is 0 Å². The summed E-state index contributed by atoms with van der Waals surface area (Å²) in [5.74, 6) is 0. The molecule has 1 radical (unpaired) electrons. The van der Waals surface area contributed by atoms with E-state index in [1.165, 1.54) is 18.2 Å². The lowest BCUT2D eigenvalue weighted by molar-refractivity contribution is 1.40. The van der Waals surface area contributed by atoms with E-state index < -0.39 is 0 Å². The molecular formula is C12H6N3. The highest BCUT2D eigenvalue weighted by Gasteiger charge is 2.07. The maximum absolute atomic E-state index is 8.86. The standard InChI is InChI=1S/C12H6N3/c1-2-3-12-10(7-14)4-9(6-13)5-11(12)8-15/h2-5H,1H2/b3-2+. The zero-order valence-electron chi connectivity index (χ0n) is 7.86. The quantitative estimate of drug-likeness (QED) is 0.684. The van der Waals surface area contributed by atoms with Gasteiger partial charge in [0.25, 0.3) is 0 Å². The van der Waals surface area contributed by atoms with E-state index in [9.17, 15) is 0 Å². The third-order valence-corrected chi connectivity index (χ3v) is 1.83. The van der Waals surface area contributed by atoms with Crippen LogP contribution in [0.2, 0.25) is 0 Å². The second-order valence-electron chi connectivity index (χ2n) is 2.72. The average Bonchev–Trinajstić information content (AvgIpc) is 2.29. The molecule has 0 atom stereocenters. The lowest BCUT2D eigenvalue weighted by Gasteiger charge is -2.01. The van der Waals surface area contributed by atoms with Crippen LogP contribution in [0, 0.1) is 40.9 Å². The smallest absolute Gasteiger partial charge is 0.0998 e. The first-order valence-electron chi connectivity index (χ1n) is 4.11. The lowest BCUT2D eigenvalue weighted by Crippen LogP contribution is -1.90. The van der Waals surface area contributed by atoms with Crippen molar-refractivity contribution in [2.75, 3.05) is 0 Å². The molecule has 0 heterocycles. The Hall–Kier alpha value is -2.57. The third-order valence-electron chi connectivity index (χ3n) is 1.83. The van der Waals surface area contributed by atoms with Crippen molar-refractivity contribution >= 4 is 6.08 Å². The molecule has 0 aromatic heterocycles. The SMILES string of the molecule is [CH2]/C=C/c1c(C#N)cc(C#N)cc1C#N. The molecule has 0 saturated carbocycles. The zero-order chi connectivity index (χ0) is 11.3. The largest absolute Gasteiger partial charge is 0.192 e. The van der Waals surface area contributed by atoms with Gasteiger partial charge in [-0.05, 0) is 19.1 Å². The fourth-order valence-electron chi connectivity index (χ4n) is 1.20. The van der Waals surface area contributed by atoms with Gasteiger partial charge in [-0.2, -0.15) is 15.8 Å². The Morgan fingerprint density at radius 3 is 1.87 bits per heavy atom. The third kappa shape index (κ3) is 2.02. The van der Waals surface area contributed by atoms with Gasteiger partial charge < -0.3 is 0 Å². The monoisotopic (exact) mass is 192 g/mol. The van der Waals surface area contributed by atoms with Crippen LogP contribution in [0.25, 0.3) is 6.08 Å². The second kappa shape index (κ2) is 4.61. The molecule has 3 heteroatoms. The van der Waals surface area contributed by atoms with E-state index in [-0.39, 0.29) is 0 Å². The van der Waals surface area contributed by atoms with Crippen molar-refractivity contribution in [2.24, 2.45) is 0 Å². The van der Waals surface area contributed by atoms with Crippen LogP contribution < -0.4 is 0 Å². The average molecular weight is 192 g/mol. The fraction of sp³-hybridized carbons (Fsp3) is 0. The zero-order valence-corrected chi connectivity index (χ0v) is 7.86. The molecule has 0 aliphatic rings. The molecule has 1 aromatic carbocycles. The summed E-state index contributed by atoms with van der Waals surface area (Å²) in [4.78, 5) is 0. The summed E-state index contributed by atoms with van der Waals surface area (Å²) in [6, 6.07) is 8.71. The van der Waals surface area contributed by atoms with Crippen molar-refractivity contribution in [3.05, 3.63) is 47.4 Å². The maximum Gasteiger partial charge on any atom is 0.0998 e. The molecule has 0 unspecified atom stereocenters. The van der Waals surface area contributed by atoms with Crippen molar-refractivity contribution in [2.45, 2.75) is 0 Å². The summed E-state index contributed by atoms with van der Waals surface area (Å²) in [7, 11) is 0. The lowest BCUT2D eigenvalue weighted by atomic mass is 9.99. The Bertz CT molecular complexity index is 498. The minimum Gasteiger partial charge on any atom is -0.192 e. The fourth-order valence-corrected chi connectivity index (χ4v) is 1.20. The Labute approximate surface area is 88.1 Å². The number of rotatable bonds is 1. The number of nitriles is 3. The van der Waals surface area contributed by atoms with Gasteiger partial charge in [0, 0.05) is 5.56 Å². The highest BCUT2D eigenvalue weighted by molar-refractivity contribution is 5.67. The predicted molar refractivity (Wildman–Crippen MR) is 55.0 cm³/mol. The molecule has 0 aliphatic heterocycles. The van der Waals surface area contributed by atoms with Crippen molar-refractivity contribution in [1.29, 1.82) is 15.8 Å². The summed E-state index contributed by atoms with van der Waals surface area (Å²) in [6.45, 7) is 3.51. The van der Waals surface area contributed by atoms with Crippen LogP contribution in [0.15, 0.2) is 18.2 Å². The van der Waals surface area contributed by atoms with Crippen LogP contribution in [0.4, 0.5) is 0 Å². The number of nitrogens with zero attached hydrogens (tertiary/aromatic N) is 3.